The fourth-order valence-corrected chi connectivity index (χ4v) is 9.60. The Balaban J connectivity index is -0.00000000936. The smallest absolute Gasteiger partial charge is 0 e. The third-order valence-electron chi connectivity index (χ3n) is 7.66. The first-order valence-corrected chi connectivity index (χ1v) is 39.7. The molecule has 0 fully saturated rings. The summed E-state index contributed by atoms with van der Waals surface area (Å²) in [4.78, 5) is 76.2. The zero-order valence-corrected chi connectivity index (χ0v) is 246. The Morgan fingerprint density at radius 2 is 0.698 bits per heavy atom. The van der Waals surface area contributed by atoms with E-state index in [2.05, 4.69) is 37.9 Å². The minimum atomic E-state index is -0.431. The number of aliphatic imine (C=N–C) groups is 1. The molecule has 6 amide bonds. The molecule has 0 unspecified atom stereocenters. The standard InChI is InChI=1S/C9H10N3O.3C8H9N3O.2C5H4N3O.62W/c1-4-7(3)12-8(5-2)11-10-6-9(12)13;1-4-8(10-5-2)11(6-12)7(3)9;1-4-7(12)11(5-2)8(10)6(3)9;1-4-6(3)7(9)11(5-2)8(10)12;1-3-8(4(2)9)5(6)7;1-3-5(6)8(7)4(2)9;;;;;;;;;;;;;;;;;;;;;;;;;;;;;;;;;;;;;;;;;;;;;;;;;;;;;;;;;;;;;;/h6H,1-3H3;3*1-3H3;2*2H,1H3;;;;;;;;;;;;;;;;;;;;;;;;;;;;;;;;;;;;;;;;;;;;;;;;;;;;;;;;;;;;;;/q-1;3*-2;2*-1;;;;;;;;;;;;;;;;;;;;;;;;;;;;;;;;;;;;;;;;;;;;;;;;;;;;;;;;;;;;;;. The summed E-state index contributed by atoms with van der Waals surface area (Å²) in [5, 5.41) is 64.8. The molecule has 1 aromatic rings. The number of allylic oxidation sites excluding steroid dienone is 3. The average Bonchev–Trinajstić information content (AvgIpc) is 3.37. The van der Waals surface area contributed by atoms with E-state index in [4.69, 9.17) is 5.41 Å². The number of hydrogen-bond donors (Lipinski definition) is 0. The van der Waals surface area contributed by atoms with Gasteiger partial charge in [-0.3, -0.25) is 0 Å². The van der Waals surface area contributed by atoms with E-state index in [1.54, 1.807) is 61.8 Å². The van der Waals surface area contributed by atoms with Gasteiger partial charge in [0.05, 0.1) is 0 Å². The van der Waals surface area contributed by atoms with E-state index < -0.39 is 6.03 Å². The molecule has 0 aliphatic rings. The molecule has 0 aliphatic heterocycles. The molecule has 0 aliphatic carbocycles. The predicted octanol–water partition coefficient (Wildman–Crippen LogP) is 1.32. The minimum absolute atomic E-state index is 0. The molecule has 1 rings (SSSR count). The SMILES string of the molecule is CC(=[N-])C(=[N-])N(C(=O)[C](C)=[W])[C](C)=[W].CC(=[N-])N([C-]=O)C(=N[C](C)=[W])[C](C)=[W].C[C-]=C(C)C(=[N-])N(C(=O)[N]=[W])[C](C)=[W].C[C-]=C(C)n1c([C](C)=[W])nncc1=O.C[C](=[W])C(=[N-])N([N]=[W])C(=O)[CH]=[W].C[C](=[W])N(C(=[N-])[N]=[W])C(=O)[CH]=[W].[W].[W].[W].[W].[W].[W].[W].[W].[W].[W].[W].[W].[W].[W].[W].[W].[W].[W].[W].[W].[W].[W].[W].[W].[W].[W].[W].[W].[W].[W].[W].[W].[W].[W].[W].[W].[W].[W].[W].[W].[W].[W].[W].[W].[W].[W].[W].[W].[W]. The molecule has 0 atom stereocenters. The van der Waals surface area contributed by atoms with Crippen LogP contribution in [-0.2, 0) is 1300 Å². The van der Waals surface area contributed by atoms with Crippen molar-refractivity contribution in [1.29, 1.82) is 0 Å². The molecule has 24 nitrogen and oxygen atoms in total. The first-order chi connectivity index (χ1) is 36.8. The van der Waals surface area contributed by atoms with E-state index in [1.807, 2.05) is 27.7 Å². The molecular formula is C43H45N18O6W62-9. The average molecular weight is 12300 g/mol. The summed E-state index contributed by atoms with van der Waals surface area (Å²) < 4.78 is 21.9. The van der Waals surface area contributed by atoms with Gasteiger partial charge in [-0.2, -0.15) is 0 Å². The zero-order chi connectivity index (χ0) is 64.2. The van der Waals surface area contributed by atoms with Gasteiger partial charge in [0.2, 0.25) is 0 Å². The summed E-state index contributed by atoms with van der Waals surface area (Å²) >= 11 is 13.9. The molecule has 129 heavy (non-hydrogen) atoms. The Kier molecular flexibility index (Phi) is 663. The first-order valence-electron chi connectivity index (χ1n) is 20.7. The van der Waals surface area contributed by atoms with Crippen LogP contribution < -0.4 is 5.56 Å². The largest absolute Gasteiger partial charge is 0 e. The summed E-state index contributed by atoms with van der Waals surface area (Å²) in [6, 6.07) is -0.431. The number of guanidine groups is 1. The second kappa shape index (κ2) is 237. The van der Waals surface area contributed by atoms with Crippen molar-refractivity contribution in [2.45, 2.75) is 96.9 Å². The third kappa shape index (κ3) is 189. The van der Waals surface area contributed by atoms with Gasteiger partial charge in [-0.05, 0) is 0 Å². The zero-order valence-electron chi connectivity index (χ0n) is 64.5. The van der Waals surface area contributed by atoms with Gasteiger partial charge < -0.3 is 0 Å². The Morgan fingerprint density at radius 3 is 0.876 bits per heavy atom. The molecule has 0 saturated heterocycles. The van der Waals surface area contributed by atoms with Crippen molar-refractivity contribution in [2.24, 2.45) is 15.6 Å². The Bertz CT molecular complexity index is 2980. The van der Waals surface area contributed by atoms with Gasteiger partial charge in [0.25, 0.3) is 0 Å². The molecule has 0 N–H and O–H groups in total. The van der Waals surface area contributed by atoms with Crippen LogP contribution in [0.15, 0.2) is 32.2 Å². The molecule has 1 heterocycles. The van der Waals surface area contributed by atoms with Gasteiger partial charge in [0.15, 0.2) is 0 Å². The summed E-state index contributed by atoms with van der Waals surface area (Å²) in [5.74, 6) is -0.477. The van der Waals surface area contributed by atoms with Crippen molar-refractivity contribution < 1.29 is 1310 Å². The van der Waals surface area contributed by atoms with Crippen LogP contribution >= 0.6 is 0 Å². The van der Waals surface area contributed by atoms with Crippen molar-refractivity contribution in [3.8, 4) is 0 Å². The Morgan fingerprint density at radius 1 is 0.403 bits per heavy atom. The number of aromatic nitrogens is 3. The van der Waals surface area contributed by atoms with Gasteiger partial charge in [0, 0.05) is 1030 Å². The quantitative estimate of drug-likeness (QED) is 0.0809. The number of carbonyl (C=O) groups is 4. The van der Waals surface area contributed by atoms with Gasteiger partial charge in [-0.15, -0.1) is 0 Å². The predicted molar refractivity (Wildman–Crippen MR) is 267 cm³/mol. The maximum atomic E-state index is 11.6. The van der Waals surface area contributed by atoms with Crippen LogP contribution in [0.5, 0.6) is 0 Å². The van der Waals surface area contributed by atoms with Crippen LogP contribution in [0.25, 0.3) is 38.2 Å². The van der Waals surface area contributed by atoms with Crippen LogP contribution in [0.1, 0.15) is 103 Å². The number of amidine groups is 5. The number of amides is 6. The Labute approximate surface area is 1610 Å². The van der Waals surface area contributed by atoms with Crippen LogP contribution in [0.3, 0.4) is 0 Å². The molecule has 724 valence electrons. The monoisotopic (exact) mass is 12300 g/mol. The van der Waals surface area contributed by atoms with E-state index in [-0.39, 0.29) is 1090 Å². The summed E-state index contributed by atoms with van der Waals surface area (Å²) in [7, 11) is 0. The van der Waals surface area contributed by atoms with Gasteiger partial charge in [-0.25, -0.2) is 0 Å². The first kappa shape index (κ1) is 360. The van der Waals surface area contributed by atoms with E-state index in [1.165, 1.54) is 101 Å². The number of rotatable bonds is 15. The van der Waals surface area contributed by atoms with Crippen molar-refractivity contribution in [1.82, 2.24) is 39.4 Å². The van der Waals surface area contributed by atoms with Gasteiger partial charge in [-0.1, -0.05) is 0 Å². The van der Waals surface area contributed by atoms with Crippen LogP contribution in [0.2, 0.25) is 0 Å². The maximum Gasteiger partial charge on any atom is 0 e. The second-order valence-corrected chi connectivity index (χ2v) is 34.6. The molecule has 86 heteroatoms. The van der Waals surface area contributed by atoms with Crippen LogP contribution in [-0.4, -0.2) is 151 Å². The van der Waals surface area contributed by atoms with Gasteiger partial charge in [0.1, 0.15) is 0 Å². The summed E-state index contributed by atoms with van der Waals surface area (Å²) in [6.07, 6.45) is 8.55. The molecular weight excluding hydrogens is 12300 g/mol. The topological polar surface area (TPSA) is 333 Å². The van der Waals surface area contributed by atoms with Crippen LogP contribution in [0, 0.1) is 12.2 Å². The van der Waals surface area contributed by atoms with E-state index in [0.717, 1.165) is 239 Å². The van der Waals surface area contributed by atoms with Crippen molar-refractivity contribution in [2.75, 3.05) is 0 Å². The van der Waals surface area contributed by atoms with E-state index >= 15 is 0 Å². The number of nitrogens with zero attached hydrogens (tertiary/aromatic N) is 18. The molecule has 1 aromatic heterocycles. The minimum Gasteiger partial charge on any atom is 0 e. The van der Waals surface area contributed by atoms with Gasteiger partial charge >= 0.3 is 618 Å². The van der Waals surface area contributed by atoms with Crippen LogP contribution in [0.4, 0.5) is 4.79 Å². The fourth-order valence-electron chi connectivity index (χ4n) is 3.97. The summed E-state index contributed by atoms with van der Waals surface area (Å²) in [5.41, 5.74) is 0.871. The number of hydrogen-bond acceptors (Lipinski definition) is 10. The Hall–Kier alpha value is 34.1. The maximum absolute atomic E-state index is 11.6. The third-order valence-corrected chi connectivity index (χ3v) is 15.7. The molecule has 0 saturated carbocycles. The van der Waals surface area contributed by atoms with E-state index in [9.17, 15) is 55.8 Å². The summed E-state index contributed by atoms with van der Waals surface area (Å²) in [6.45, 7) is 24.1. The molecule has 0 bridgehead atoms. The normalized spacial score (nSPS) is 6.11. The fraction of sp³-hybridized carbons (Fsp3) is 0.326. The molecule has 0 spiro atoms. The second-order valence-electron chi connectivity index (χ2n) is 13.7. The molecule has 0 aromatic carbocycles. The number of urea groups is 1. The van der Waals surface area contributed by atoms with Crippen molar-refractivity contribution >= 4 is 117 Å². The van der Waals surface area contributed by atoms with E-state index in [0.29, 0.717) is 25.2 Å². The number of carbonyl (C=O) groups excluding carboxylic acids is 5. The van der Waals surface area contributed by atoms with Crippen molar-refractivity contribution in [3.63, 3.8) is 0 Å². The van der Waals surface area contributed by atoms with Crippen molar-refractivity contribution in [3.05, 3.63) is 72.6 Å². The molecule has 0 radical (unpaired) electrons.